The van der Waals surface area contributed by atoms with Gasteiger partial charge < -0.3 is 9.64 Å². The monoisotopic (exact) mass is 273 g/mol. The molecule has 1 aromatic carbocycles. The van der Waals surface area contributed by atoms with E-state index in [1.807, 2.05) is 26.2 Å². The first-order valence-electron chi connectivity index (χ1n) is 7.10. The summed E-state index contributed by atoms with van der Waals surface area (Å²) in [4.78, 5) is 13.9. The Labute approximate surface area is 121 Å². The van der Waals surface area contributed by atoms with Crippen LogP contribution in [0, 0.1) is 0 Å². The van der Waals surface area contributed by atoms with Crippen LogP contribution in [-0.4, -0.2) is 32.0 Å². The number of amides is 1. The van der Waals surface area contributed by atoms with E-state index in [0.717, 1.165) is 25.0 Å². The molecule has 1 aliphatic rings. The summed E-state index contributed by atoms with van der Waals surface area (Å²) in [5.74, 6) is 1.01. The maximum atomic E-state index is 12.2. The van der Waals surface area contributed by atoms with E-state index in [2.05, 4.69) is 24.3 Å². The largest absolute Gasteiger partial charge is 0.497 e. The van der Waals surface area contributed by atoms with Crippen molar-refractivity contribution in [3.8, 4) is 5.75 Å². The van der Waals surface area contributed by atoms with E-state index in [4.69, 9.17) is 4.74 Å². The molecule has 0 aliphatic heterocycles. The molecule has 1 unspecified atom stereocenters. The van der Waals surface area contributed by atoms with Crippen molar-refractivity contribution in [2.45, 2.75) is 31.1 Å². The lowest BCUT2D eigenvalue weighted by molar-refractivity contribution is -0.129. The maximum Gasteiger partial charge on any atom is 0.223 e. The minimum Gasteiger partial charge on any atom is -0.497 e. The molecule has 1 amide bonds. The molecular formula is C17H23NO2. The van der Waals surface area contributed by atoms with Crippen LogP contribution in [0.1, 0.15) is 31.2 Å². The number of benzene rings is 1. The minimum absolute atomic E-state index is 0.166. The number of hydrogen-bond donors (Lipinski definition) is 0. The molecule has 0 bridgehead atoms. The number of allylic oxidation sites excluding steroid dienone is 2. The predicted molar refractivity (Wildman–Crippen MR) is 81.0 cm³/mol. The molecule has 2 rings (SSSR count). The minimum atomic E-state index is -0.186. The second-order valence-electron chi connectivity index (χ2n) is 5.65. The van der Waals surface area contributed by atoms with Gasteiger partial charge in [0.1, 0.15) is 5.75 Å². The van der Waals surface area contributed by atoms with Crippen molar-refractivity contribution < 1.29 is 9.53 Å². The molecular weight excluding hydrogens is 250 g/mol. The Morgan fingerprint density at radius 3 is 2.80 bits per heavy atom. The molecule has 0 N–H and O–H groups in total. The van der Waals surface area contributed by atoms with Crippen molar-refractivity contribution >= 4 is 5.91 Å². The van der Waals surface area contributed by atoms with Crippen molar-refractivity contribution in [1.82, 2.24) is 4.90 Å². The first-order valence-corrected chi connectivity index (χ1v) is 7.10. The van der Waals surface area contributed by atoms with E-state index in [1.165, 1.54) is 5.56 Å². The van der Waals surface area contributed by atoms with Crippen LogP contribution in [0.4, 0.5) is 0 Å². The fourth-order valence-corrected chi connectivity index (χ4v) is 2.78. The molecule has 0 saturated carbocycles. The number of ether oxygens (including phenoxy) is 1. The smallest absolute Gasteiger partial charge is 0.223 e. The molecule has 108 valence electrons. The van der Waals surface area contributed by atoms with Crippen molar-refractivity contribution in [3.05, 3.63) is 42.0 Å². The van der Waals surface area contributed by atoms with Crippen molar-refractivity contribution in [2.75, 3.05) is 21.2 Å². The number of methoxy groups -OCH3 is 1. The Kier molecular flexibility index (Phi) is 4.48. The highest BCUT2D eigenvalue weighted by molar-refractivity contribution is 5.78. The van der Waals surface area contributed by atoms with E-state index in [9.17, 15) is 4.79 Å². The Morgan fingerprint density at radius 1 is 1.40 bits per heavy atom. The van der Waals surface area contributed by atoms with Crippen LogP contribution in [0.25, 0.3) is 0 Å². The van der Waals surface area contributed by atoms with Gasteiger partial charge in [0.15, 0.2) is 0 Å². The summed E-state index contributed by atoms with van der Waals surface area (Å²) in [7, 11) is 5.30. The lowest BCUT2D eigenvalue weighted by Gasteiger charge is -2.34. The Hall–Kier alpha value is -1.77. The first-order chi connectivity index (χ1) is 9.57. The van der Waals surface area contributed by atoms with Crippen LogP contribution < -0.4 is 4.74 Å². The van der Waals surface area contributed by atoms with Crippen molar-refractivity contribution in [2.24, 2.45) is 0 Å². The second-order valence-corrected chi connectivity index (χ2v) is 5.65. The van der Waals surface area contributed by atoms with Crippen LogP contribution in [0.15, 0.2) is 36.4 Å². The fraction of sp³-hybridized carbons (Fsp3) is 0.471. The SMILES string of the molecule is COc1cccc(C2(CC(=O)N(C)C)C=CCCC2)c1. The summed E-state index contributed by atoms with van der Waals surface area (Å²) in [5, 5.41) is 0. The molecule has 0 fully saturated rings. The highest BCUT2D eigenvalue weighted by atomic mass is 16.5. The van der Waals surface area contributed by atoms with Crippen LogP contribution in [0.5, 0.6) is 5.75 Å². The quantitative estimate of drug-likeness (QED) is 0.789. The lowest BCUT2D eigenvalue weighted by atomic mass is 9.71. The zero-order chi connectivity index (χ0) is 14.6. The zero-order valence-corrected chi connectivity index (χ0v) is 12.6. The lowest BCUT2D eigenvalue weighted by Crippen LogP contribution is -2.34. The van der Waals surface area contributed by atoms with Crippen molar-refractivity contribution in [1.29, 1.82) is 0 Å². The summed E-state index contributed by atoms with van der Waals surface area (Å²) in [5.41, 5.74) is 0.983. The van der Waals surface area contributed by atoms with Gasteiger partial charge in [0, 0.05) is 25.9 Å². The van der Waals surface area contributed by atoms with Gasteiger partial charge in [-0.3, -0.25) is 4.79 Å². The summed E-state index contributed by atoms with van der Waals surface area (Å²) < 4.78 is 5.32. The Bertz CT molecular complexity index is 507. The number of carbonyl (C=O) groups excluding carboxylic acids is 1. The second kappa shape index (κ2) is 6.12. The number of hydrogen-bond acceptors (Lipinski definition) is 2. The molecule has 0 heterocycles. The average Bonchev–Trinajstić information content (AvgIpc) is 2.48. The molecule has 0 spiro atoms. The predicted octanol–water partition coefficient (Wildman–Crippen LogP) is 3.15. The topological polar surface area (TPSA) is 29.5 Å². The fourth-order valence-electron chi connectivity index (χ4n) is 2.78. The van der Waals surface area contributed by atoms with E-state index >= 15 is 0 Å². The van der Waals surface area contributed by atoms with E-state index in [1.54, 1.807) is 12.0 Å². The van der Waals surface area contributed by atoms with Gasteiger partial charge >= 0.3 is 0 Å². The summed E-state index contributed by atoms with van der Waals surface area (Å²) in [6.45, 7) is 0. The molecule has 1 atom stereocenters. The average molecular weight is 273 g/mol. The number of rotatable bonds is 4. The zero-order valence-electron chi connectivity index (χ0n) is 12.6. The third-order valence-corrected chi connectivity index (χ3v) is 4.04. The molecule has 3 heteroatoms. The van der Waals surface area contributed by atoms with E-state index in [0.29, 0.717) is 6.42 Å². The molecule has 1 aromatic rings. The molecule has 1 aliphatic carbocycles. The van der Waals surface area contributed by atoms with E-state index < -0.39 is 0 Å². The van der Waals surface area contributed by atoms with Crippen LogP contribution >= 0.6 is 0 Å². The van der Waals surface area contributed by atoms with Gasteiger partial charge in [0.2, 0.25) is 5.91 Å². The number of nitrogens with zero attached hydrogens (tertiary/aromatic N) is 1. The number of carbonyl (C=O) groups is 1. The van der Waals surface area contributed by atoms with Gasteiger partial charge in [-0.1, -0.05) is 24.3 Å². The molecule has 3 nitrogen and oxygen atoms in total. The Balaban J connectivity index is 2.38. The molecule has 0 radical (unpaired) electrons. The van der Waals surface area contributed by atoms with Gasteiger partial charge in [-0.05, 0) is 37.0 Å². The molecule has 0 saturated heterocycles. The molecule has 20 heavy (non-hydrogen) atoms. The van der Waals surface area contributed by atoms with Crippen LogP contribution in [-0.2, 0) is 10.2 Å². The van der Waals surface area contributed by atoms with Crippen LogP contribution in [0.2, 0.25) is 0 Å². The third-order valence-electron chi connectivity index (χ3n) is 4.04. The Morgan fingerprint density at radius 2 is 2.20 bits per heavy atom. The highest BCUT2D eigenvalue weighted by Gasteiger charge is 2.34. The highest BCUT2D eigenvalue weighted by Crippen LogP contribution is 2.39. The first kappa shape index (κ1) is 14.6. The summed E-state index contributed by atoms with van der Waals surface area (Å²) in [6.07, 6.45) is 8.16. The van der Waals surface area contributed by atoms with Gasteiger partial charge in [-0.25, -0.2) is 0 Å². The summed E-state index contributed by atoms with van der Waals surface area (Å²) >= 11 is 0. The van der Waals surface area contributed by atoms with Gasteiger partial charge in [-0.15, -0.1) is 0 Å². The molecule has 0 aromatic heterocycles. The maximum absolute atomic E-state index is 12.2. The normalized spacial score (nSPS) is 21.6. The summed E-state index contributed by atoms with van der Waals surface area (Å²) in [6, 6.07) is 8.09. The third kappa shape index (κ3) is 3.03. The standard InChI is InChI=1S/C17H23NO2/c1-18(2)16(19)13-17(10-5-4-6-11-17)14-8-7-9-15(12-14)20-3/h5,7-10,12H,4,6,11,13H2,1-3H3. The van der Waals surface area contributed by atoms with Gasteiger partial charge in [-0.2, -0.15) is 0 Å². The van der Waals surface area contributed by atoms with E-state index in [-0.39, 0.29) is 11.3 Å². The van der Waals surface area contributed by atoms with Gasteiger partial charge in [0.25, 0.3) is 0 Å². The van der Waals surface area contributed by atoms with Crippen molar-refractivity contribution in [3.63, 3.8) is 0 Å². The van der Waals surface area contributed by atoms with Crippen LogP contribution in [0.3, 0.4) is 0 Å². The van der Waals surface area contributed by atoms with Gasteiger partial charge in [0.05, 0.1) is 7.11 Å².